The van der Waals surface area contributed by atoms with Crippen LogP contribution in [0.15, 0.2) is 121 Å². The summed E-state index contributed by atoms with van der Waals surface area (Å²) in [5.41, 5.74) is 22.3. The molecule has 2 heteroatoms. The first-order valence-corrected chi connectivity index (χ1v) is 24.8. The molecule has 0 amide bonds. The highest BCUT2D eigenvalue weighted by Crippen LogP contribution is 2.49. The number of hydrogen-bond acceptors (Lipinski definition) is 2. The van der Waals surface area contributed by atoms with E-state index in [4.69, 9.17) is 0 Å². The average Bonchev–Trinajstić information content (AvgIpc) is 3.31. The summed E-state index contributed by atoms with van der Waals surface area (Å²) in [7, 11) is 0. The molecule has 0 N–H and O–H groups in total. The smallest absolute Gasteiger partial charge is 0.0546 e. The molecule has 4 aliphatic rings. The zero-order valence-electron chi connectivity index (χ0n) is 38.5. The van der Waals surface area contributed by atoms with Crippen LogP contribution in [0.4, 0.5) is 34.1 Å². The van der Waals surface area contributed by atoms with Gasteiger partial charge in [0.1, 0.15) is 0 Å². The van der Waals surface area contributed by atoms with E-state index in [2.05, 4.69) is 159 Å². The molecule has 0 saturated heterocycles. The summed E-state index contributed by atoms with van der Waals surface area (Å²) >= 11 is 0. The molecule has 0 bridgehead atoms. The molecule has 0 aromatic heterocycles. The number of nitrogens with zero attached hydrogens (tertiary/aromatic N) is 2. The minimum absolute atomic E-state index is 0.739. The normalized spacial score (nSPS) is 18.1. The van der Waals surface area contributed by atoms with Crippen LogP contribution in [-0.2, 0) is 51.4 Å². The molecule has 0 saturated carbocycles. The van der Waals surface area contributed by atoms with E-state index in [0.29, 0.717) is 0 Å². The first-order valence-electron chi connectivity index (χ1n) is 24.8. The minimum atomic E-state index is 0.739. The first kappa shape index (κ1) is 39.7. The van der Waals surface area contributed by atoms with Crippen molar-refractivity contribution in [3.05, 3.63) is 177 Å². The highest BCUT2D eigenvalue weighted by molar-refractivity contribution is 6.24. The highest BCUT2D eigenvalue weighted by atomic mass is 15.2. The van der Waals surface area contributed by atoms with Crippen LogP contribution in [0.1, 0.15) is 108 Å². The maximum absolute atomic E-state index is 2.62. The van der Waals surface area contributed by atoms with E-state index >= 15 is 0 Å². The number of benzene rings is 8. The Hall–Kier alpha value is -5.86. The van der Waals surface area contributed by atoms with Crippen LogP contribution >= 0.6 is 0 Å². The fourth-order valence-corrected chi connectivity index (χ4v) is 12.3. The van der Waals surface area contributed by atoms with Crippen molar-refractivity contribution in [3.8, 4) is 0 Å². The van der Waals surface area contributed by atoms with Gasteiger partial charge in [0.25, 0.3) is 0 Å². The van der Waals surface area contributed by atoms with E-state index in [1.54, 1.807) is 0 Å². The van der Waals surface area contributed by atoms with Gasteiger partial charge in [-0.3, -0.25) is 0 Å². The standard InChI is InChI=1S/C62H62N2/c1-39-13-17-49-35-53(25-21-47(49)29-39)63(51-23-19-43-9-5-7-11-45(43)33-51)61-37-57-56-28-16-42(4)32-60(56)62(38-58(57)55-27-15-41(3)31-59(55)61)64(52-24-20-44-10-6-8-12-46(44)34-52)54-26-22-48-30-40(2)14-18-50(48)36-54/h15-16,19-28,31-40H,5-14,17-18,29-30H2,1-4H3. The van der Waals surface area contributed by atoms with E-state index < -0.39 is 0 Å². The molecule has 0 aliphatic heterocycles. The maximum atomic E-state index is 2.62. The van der Waals surface area contributed by atoms with Crippen molar-refractivity contribution in [3.63, 3.8) is 0 Å². The summed E-state index contributed by atoms with van der Waals surface area (Å²) in [6.07, 6.45) is 17.0. The van der Waals surface area contributed by atoms with Crippen molar-refractivity contribution in [2.75, 3.05) is 9.80 Å². The molecule has 0 fully saturated rings. The van der Waals surface area contributed by atoms with Gasteiger partial charge in [0.05, 0.1) is 11.4 Å². The van der Waals surface area contributed by atoms with Crippen molar-refractivity contribution in [1.82, 2.24) is 0 Å². The third kappa shape index (κ3) is 7.00. The lowest BCUT2D eigenvalue weighted by molar-refractivity contribution is 0.501. The van der Waals surface area contributed by atoms with Gasteiger partial charge in [0.2, 0.25) is 0 Å². The quantitative estimate of drug-likeness (QED) is 0.154. The zero-order valence-corrected chi connectivity index (χ0v) is 38.5. The van der Waals surface area contributed by atoms with Gasteiger partial charge in [-0.15, -0.1) is 0 Å². The molecule has 0 radical (unpaired) electrons. The van der Waals surface area contributed by atoms with E-state index in [1.807, 2.05) is 0 Å². The summed E-state index contributed by atoms with van der Waals surface area (Å²) in [5, 5.41) is 7.84. The molecule has 4 aliphatic carbocycles. The monoisotopic (exact) mass is 834 g/mol. The second kappa shape index (κ2) is 16.0. The zero-order chi connectivity index (χ0) is 43.1. The third-order valence-corrected chi connectivity index (χ3v) is 15.8. The molecule has 0 heterocycles. The molecule has 2 atom stereocenters. The molecular formula is C62H62N2. The highest BCUT2D eigenvalue weighted by Gasteiger charge is 2.26. The topological polar surface area (TPSA) is 6.48 Å². The fourth-order valence-electron chi connectivity index (χ4n) is 12.3. The van der Waals surface area contributed by atoms with Crippen molar-refractivity contribution in [2.45, 2.75) is 118 Å². The SMILES string of the molecule is Cc1ccc2c(c1)c(N(c1ccc3c(c1)CCCC3)c1ccc3c(c1)CCC(C)C3)cc1c3ccc(C)cc3c(N(c3ccc4c(c3)CCCC4)c3ccc4c(c3)CCC(C)C4)cc21. The Labute approximate surface area is 380 Å². The Morgan fingerprint density at radius 1 is 0.328 bits per heavy atom. The fraction of sp³-hybridized carbons (Fsp3) is 0.323. The van der Waals surface area contributed by atoms with Crippen molar-refractivity contribution in [1.29, 1.82) is 0 Å². The lowest BCUT2D eigenvalue weighted by Crippen LogP contribution is -2.16. The summed E-state index contributed by atoms with van der Waals surface area (Å²) < 4.78 is 0. The Bertz CT molecular complexity index is 2940. The number of anilines is 6. The first-order chi connectivity index (χ1) is 31.3. The third-order valence-electron chi connectivity index (χ3n) is 15.8. The summed E-state index contributed by atoms with van der Waals surface area (Å²) in [6.45, 7) is 9.35. The van der Waals surface area contributed by atoms with Crippen molar-refractivity contribution < 1.29 is 0 Å². The number of fused-ring (bicyclic) bond motifs is 9. The van der Waals surface area contributed by atoms with Gasteiger partial charge in [-0.2, -0.15) is 0 Å². The van der Waals surface area contributed by atoms with E-state index in [0.717, 1.165) is 37.5 Å². The summed E-state index contributed by atoms with van der Waals surface area (Å²) in [5.74, 6) is 1.48. The predicted octanol–water partition coefficient (Wildman–Crippen LogP) is 16.7. The second-order valence-electron chi connectivity index (χ2n) is 20.6. The maximum Gasteiger partial charge on any atom is 0.0546 e. The molecular weight excluding hydrogens is 773 g/mol. The minimum Gasteiger partial charge on any atom is -0.310 e. The average molecular weight is 835 g/mol. The number of hydrogen-bond donors (Lipinski definition) is 0. The molecule has 0 spiro atoms. The number of rotatable bonds is 6. The molecule has 320 valence electrons. The van der Waals surface area contributed by atoms with Crippen LogP contribution in [-0.4, -0.2) is 0 Å². The summed E-state index contributed by atoms with van der Waals surface area (Å²) in [4.78, 5) is 5.24. The van der Waals surface area contributed by atoms with Crippen LogP contribution in [0.5, 0.6) is 0 Å². The van der Waals surface area contributed by atoms with E-state index in [-0.39, 0.29) is 0 Å². The predicted molar refractivity (Wildman–Crippen MR) is 273 cm³/mol. The van der Waals surface area contributed by atoms with Crippen molar-refractivity contribution in [2.24, 2.45) is 11.8 Å². The van der Waals surface area contributed by atoms with Gasteiger partial charge in [-0.25, -0.2) is 0 Å². The van der Waals surface area contributed by atoms with E-state index in [1.165, 1.54) is 186 Å². The largest absolute Gasteiger partial charge is 0.310 e. The van der Waals surface area contributed by atoms with Gasteiger partial charge in [0, 0.05) is 33.5 Å². The van der Waals surface area contributed by atoms with Gasteiger partial charge in [-0.1, -0.05) is 73.5 Å². The number of aryl methyl sites for hydroxylation is 8. The second-order valence-corrected chi connectivity index (χ2v) is 20.6. The van der Waals surface area contributed by atoms with Crippen LogP contribution in [0.3, 0.4) is 0 Å². The molecule has 2 unspecified atom stereocenters. The van der Waals surface area contributed by atoms with Crippen molar-refractivity contribution >= 4 is 66.4 Å². The Balaban J connectivity index is 1.13. The van der Waals surface area contributed by atoms with E-state index in [9.17, 15) is 0 Å². The summed E-state index contributed by atoms with van der Waals surface area (Å²) in [6, 6.07) is 49.1. The Kier molecular flexibility index (Phi) is 9.92. The van der Waals surface area contributed by atoms with Crippen LogP contribution in [0.2, 0.25) is 0 Å². The molecule has 8 aromatic rings. The molecule has 2 nitrogen and oxygen atoms in total. The van der Waals surface area contributed by atoms with Gasteiger partial charge >= 0.3 is 0 Å². The molecule has 12 rings (SSSR count). The lowest BCUT2D eigenvalue weighted by atomic mass is 9.84. The van der Waals surface area contributed by atoms with Gasteiger partial charge < -0.3 is 9.80 Å². The Morgan fingerprint density at radius 2 is 0.688 bits per heavy atom. The van der Waals surface area contributed by atoms with Gasteiger partial charge in [-0.05, 0) is 254 Å². The van der Waals surface area contributed by atoms with Crippen LogP contribution in [0.25, 0.3) is 32.3 Å². The molecule has 8 aromatic carbocycles. The Morgan fingerprint density at radius 3 is 1.09 bits per heavy atom. The lowest BCUT2D eigenvalue weighted by Gasteiger charge is -2.32. The molecule has 64 heavy (non-hydrogen) atoms. The van der Waals surface area contributed by atoms with Gasteiger partial charge in [0.15, 0.2) is 0 Å². The van der Waals surface area contributed by atoms with Crippen LogP contribution in [0, 0.1) is 25.7 Å². The van der Waals surface area contributed by atoms with Crippen LogP contribution < -0.4 is 9.80 Å².